The number of carbonyl (C=O) groups excluding carboxylic acids is 3. The number of unbranched alkanes of at least 4 members (excludes halogenated alkanes) is 44. The summed E-state index contributed by atoms with van der Waals surface area (Å²) >= 11 is 0. The van der Waals surface area contributed by atoms with Crippen molar-refractivity contribution in [2.24, 2.45) is 0 Å². The van der Waals surface area contributed by atoms with Gasteiger partial charge in [0.2, 0.25) is 0 Å². The van der Waals surface area contributed by atoms with E-state index in [0.717, 1.165) is 70.6 Å². The van der Waals surface area contributed by atoms with Crippen LogP contribution >= 0.6 is 0 Å². The van der Waals surface area contributed by atoms with Crippen molar-refractivity contribution in [3.8, 4) is 0 Å². The van der Waals surface area contributed by atoms with Gasteiger partial charge >= 0.3 is 17.9 Å². The smallest absolute Gasteiger partial charge is 0.306 e. The first kappa shape index (κ1) is 71.6. The lowest BCUT2D eigenvalue weighted by Crippen LogP contribution is -2.30. The molecule has 0 rings (SSSR count). The van der Waals surface area contributed by atoms with Crippen molar-refractivity contribution in [2.75, 3.05) is 13.2 Å². The van der Waals surface area contributed by atoms with E-state index < -0.39 is 6.10 Å². The number of rotatable bonds is 61. The molecule has 0 saturated heterocycles. The topological polar surface area (TPSA) is 78.9 Å². The molecule has 0 aliphatic carbocycles. The summed E-state index contributed by atoms with van der Waals surface area (Å²) < 4.78 is 16.9. The van der Waals surface area contributed by atoms with E-state index in [1.807, 2.05) is 0 Å². The Morgan fingerprint density at radius 1 is 0.270 bits per heavy atom. The van der Waals surface area contributed by atoms with Gasteiger partial charge in [0.1, 0.15) is 13.2 Å². The minimum atomic E-state index is -0.771. The number of hydrogen-bond donors (Lipinski definition) is 0. The molecule has 0 aromatic carbocycles. The molecule has 0 bridgehead atoms. The van der Waals surface area contributed by atoms with Crippen LogP contribution in [0.25, 0.3) is 0 Å². The second kappa shape index (κ2) is 63.2. The molecule has 434 valence electrons. The Morgan fingerprint density at radius 2 is 0.486 bits per heavy atom. The SMILES string of the molecule is CCCCCC/C=C\CCCCCCCC(=O)OCC(COC(=O)CCCCCCCCCCCCCCCCCCC/C=C\C/C=C\CCCCCCC)OC(=O)CCCCCCCCCCCCCCCC. The van der Waals surface area contributed by atoms with Gasteiger partial charge in [-0.1, -0.05) is 301 Å². The Labute approximate surface area is 461 Å². The average molecular weight is 1040 g/mol. The first-order valence-corrected chi connectivity index (χ1v) is 33.0. The molecule has 0 aromatic rings. The summed E-state index contributed by atoms with van der Waals surface area (Å²) in [6.07, 6.45) is 77.4. The summed E-state index contributed by atoms with van der Waals surface area (Å²) in [5.74, 6) is -0.855. The predicted molar refractivity (Wildman–Crippen MR) is 321 cm³/mol. The van der Waals surface area contributed by atoms with Gasteiger partial charge in [-0.3, -0.25) is 14.4 Å². The summed E-state index contributed by atoms with van der Waals surface area (Å²) in [4.78, 5) is 38.2. The maximum absolute atomic E-state index is 12.9. The lowest BCUT2D eigenvalue weighted by atomic mass is 10.0. The Morgan fingerprint density at radius 3 is 0.770 bits per heavy atom. The Bertz CT molecular complexity index is 1240. The van der Waals surface area contributed by atoms with E-state index in [0.29, 0.717) is 19.3 Å². The first-order chi connectivity index (χ1) is 36.5. The maximum Gasteiger partial charge on any atom is 0.306 e. The molecule has 0 heterocycles. The van der Waals surface area contributed by atoms with Gasteiger partial charge in [-0.25, -0.2) is 0 Å². The van der Waals surface area contributed by atoms with Crippen LogP contribution in [0.4, 0.5) is 0 Å². The van der Waals surface area contributed by atoms with Crippen molar-refractivity contribution in [3.05, 3.63) is 36.5 Å². The van der Waals surface area contributed by atoms with Gasteiger partial charge in [-0.15, -0.1) is 0 Å². The standard InChI is InChI=1S/C68H126O6/c1-4-7-10-13-16-19-22-25-27-28-29-30-31-32-33-34-35-36-37-38-39-40-41-44-46-49-52-55-58-61-67(70)73-64-65(63-72-66(69)60-57-54-51-48-45-42-24-21-18-15-12-9-6-3)74-68(71)62-59-56-53-50-47-43-26-23-20-17-14-11-8-5-2/h21-22,24-25,28-29,65H,4-20,23,26-27,30-64H2,1-3H3/b24-21-,25-22-,29-28-. The van der Waals surface area contributed by atoms with Crippen molar-refractivity contribution in [1.29, 1.82) is 0 Å². The Hall–Kier alpha value is -2.37. The first-order valence-electron chi connectivity index (χ1n) is 33.0. The van der Waals surface area contributed by atoms with Crippen LogP contribution in [0.1, 0.15) is 361 Å². The molecule has 6 heteroatoms. The largest absolute Gasteiger partial charge is 0.462 e. The van der Waals surface area contributed by atoms with E-state index in [-0.39, 0.29) is 31.1 Å². The molecule has 0 spiro atoms. The zero-order chi connectivity index (χ0) is 53.6. The van der Waals surface area contributed by atoms with Crippen LogP contribution in [0.2, 0.25) is 0 Å². The average Bonchev–Trinajstić information content (AvgIpc) is 3.40. The van der Waals surface area contributed by atoms with E-state index in [4.69, 9.17) is 14.2 Å². The summed E-state index contributed by atoms with van der Waals surface area (Å²) in [7, 11) is 0. The monoisotopic (exact) mass is 1040 g/mol. The van der Waals surface area contributed by atoms with Crippen molar-refractivity contribution in [1.82, 2.24) is 0 Å². The van der Waals surface area contributed by atoms with Crippen molar-refractivity contribution >= 4 is 17.9 Å². The number of esters is 3. The highest BCUT2D eigenvalue weighted by molar-refractivity contribution is 5.71. The van der Waals surface area contributed by atoms with Crippen molar-refractivity contribution in [2.45, 2.75) is 367 Å². The van der Waals surface area contributed by atoms with Crippen LogP contribution < -0.4 is 0 Å². The molecule has 74 heavy (non-hydrogen) atoms. The minimum Gasteiger partial charge on any atom is -0.462 e. The van der Waals surface area contributed by atoms with Crippen LogP contribution in [0.3, 0.4) is 0 Å². The van der Waals surface area contributed by atoms with E-state index in [1.54, 1.807) is 0 Å². The van der Waals surface area contributed by atoms with Gasteiger partial charge in [0.25, 0.3) is 0 Å². The summed E-state index contributed by atoms with van der Waals surface area (Å²) in [6.45, 7) is 6.66. The molecular formula is C68H126O6. The highest BCUT2D eigenvalue weighted by Crippen LogP contribution is 2.18. The van der Waals surface area contributed by atoms with E-state index in [9.17, 15) is 14.4 Å². The van der Waals surface area contributed by atoms with Crippen molar-refractivity contribution < 1.29 is 28.6 Å². The maximum atomic E-state index is 12.9. The third-order valence-corrected chi connectivity index (χ3v) is 14.9. The zero-order valence-electron chi connectivity index (χ0n) is 49.9. The predicted octanol–water partition coefficient (Wildman–Crippen LogP) is 22.4. The molecule has 0 aliphatic heterocycles. The number of carbonyl (C=O) groups is 3. The second-order valence-electron chi connectivity index (χ2n) is 22.4. The number of ether oxygens (including phenoxy) is 3. The fraction of sp³-hybridized carbons (Fsp3) is 0.868. The number of hydrogen-bond acceptors (Lipinski definition) is 6. The quantitative estimate of drug-likeness (QED) is 0.0261. The van der Waals surface area contributed by atoms with Crippen LogP contribution in [0, 0.1) is 0 Å². The number of allylic oxidation sites excluding steroid dienone is 6. The van der Waals surface area contributed by atoms with Crippen molar-refractivity contribution in [3.63, 3.8) is 0 Å². The summed E-state index contributed by atoms with van der Waals surface area (Å²) in [5.41, 5.74) is 0. The van der Waals surface area contributed by atoms with Gasteiger partial charge < -0.3 is 14.2 Å². The van der Waals surface area contributed by atoms with E-state index in [1.165, 1.54) is 250 Å². The normalized spacial score (nSPS) is 12.2. The van der Waals surface area contributed by atoms with Gasteiger partial charge in [0.15, 0.2) is 6.10 Å². The Kier molecular flexibility index (Phi) is 61.1. The summed E-state index contributed by atoms with van der Waals surface area (Å²) in [5, 5.41) is 0. The fourth-order valence-electron chi connectivity index (χ4n) is 9.88. The van der Waals surface area contributed by atoms with Gasteiger partial charge in [-0.05, 0) is 77.0 Å². The van der Waals surface area contributed by atoms with Crippen LogP contribution in [0.15, 0.2) is 36.5 Å². The molecule has 6 nitrogen and oxygen atoms in total. The van der Waals surface area contributed by atoms with Crippen LogP contribution in [-0.4, -0.2) is 37.2 Å². The molecule has 1 unspecified atom stereocenters. The second-order valence-corrected chi connectivity index (χ2v) is 22.4. The third-order valence-electron chi connectivity index (χ3n) is 14.9. The molecule has 0 amide bonds. The molecule has 0 fully saturated rings. The molecule has 0 N–H and O–H groups in total. The van der Waals surface area contributed by atoms with Gasteiger partial charge in [0, 0.05) is 19.3 Å². The Balaban J connectivity index is 4.15. The fourth-order valence-corrected chi connectivity index (χ4v) is 9.88. The molecule has 0 radical (unpaired) electrons. The van der Waals surface area contributed by atoms with E-state index >= 15 is 0 Å². The lowest BCUT2D eigenvalue weighted by molar-refractivity contribution is -0.167. The summed E-state index contributed by atoms with van der Waals surface area (Å²) in [6, 6.07) is 0. The van der Waals surface area contributed by atoms with Gasteiger partial charge in [-0.2, -0.15) is 0 Å². The molecule has 0 saturated carbocycles. The highest BCUT2D eigenvalue weighted by Gasteiger charge is 2.19. The van der Waals surface area contributed by atoms with Gasteiger partial charge in [0.05, 0.1) is 0 Å². The molecule has 0 aliphatic rings. The third kappa shape index (κ3) is 60.5. The zero-order valence-corrected chi connectivity index (χ0v) is 49.9. The van der Waals surface area contributed by atoms with Crippen LogP contribution in [-0.2, 0) is 28.6 Å². The molecular weight excluding hydrogens is 913 g/mol. The highest BCUT2D eigenvalue weighted by atomic mass is 16.6. The lowest BCUT2D eigenvalue weighted by Gasteiger charge is -2.18. The van der Waals surface area contributed by atoms with Crippen LogP contribution in [0.5, 0.6) is 0 Å². The minimum absolute atomic E-state index is 0.0694. The molecule has 0 aromatic heterocycles. The van der Waals surface area contributed by atoms with E-state index in [2.05, 4.69) is 57.2 Å². The molecule has 1 atom stereocenters.